The van der Waals surface area contributed by atoms with E-state index in [2.05, 4.69) is 4.74 Å². The van der Waals surface area contributed by atoms with Crippen LogP contribution in [-0.2, 0) is 0 Å². The summed E-state index contributed by atoms with van der Waals surface area (Å²) in [5.74, 6) is -1.56. The fourth-order valence-electron chi connectivity index (χ4n) is 1.14. The van der Waals surface area contributed by atoms with Crippen molar-refractivity contribution in [2.75, 3.05) is 13.0 Å². The summed E-state index contributed by atoms with van der Waals surface area (Å²) >= 11 is 5.29. The predicted octanol–water partition coefficient (Wildman–Crippen LogP) is 3.02. The molecule has 0 amide bonds. The summed E-state index contributed by atoms with van der Waals surface area (Å²) in [6.45, 7) is 0. The summed E-state index contributed by atoms with van der Waals surface area (Å²) in [6, 6.07) is 3.50. The number of alkyl halides is 4. The second kappa shape index (κ2) is 5.27. The van der Waals surface area contributed by atoms with E-state index in [0.717, 1.165) is 6.07 Å². The number of halogens is 4. The van der Waals surface area contributed by atoms with Gasteiger partial charge in [-0.05, 0) is 12.1 Å². The average Bonchev–Trinajstić information content (AvgIpc) is 2.25. The molecule has 3 nitrogen and oxygen atoms in total. The lowest BCUT2D eigenvalue weighted by Crippen LogP contribution is -2.19. The van der Waals surface area contributed by atoms with E-state index >= 15 is 0 Å². The SMILES string of the molecule is COc1ccc(C(=O)CCl)c(OC(F)(F)F)c1. The summed E-state index contributed by atoms with van der Waals surface area (Å²) in [4.78, 5) is 11.3. The Hall–Kier alpha value is -1.43. The fraction of sp³-hybridized carbons (Fsp3) is 0.300. The van der Waals surface area contributed by atoms with Crippen LogP contribution in [0.25, 0.3) is 0 Å². The topological polar surface area (TPSA) is 35.5 Å². The van der Waals surface area contributed by atoms with Crippen LogP contribution < -0.4 is 9.47 Å². The first-order valence-electron chi connectivity index (χ1n) is 4.40. The third-order valence-corrected chi connectivity index (χ3v) is 2.08. The Kier molecular flexibility index (Phi) is 4.22. The molecule has 0 heterocycles. The van der Waals surface area contributed by atoms with Crippen LogP contribution in [0, 0.1) is 0 Å². The van der Waals surface area contributed by atoms with Gasteiger partial charge < -0.3 is 9.47 Å². The number of hydrogen-bond donors (Lipinski definition) is 0. The maximum Gasteiger partial charge on any atom is 0.573 e. The first-order valence-corrected chi connectivity index (χ1v) is 4.94. The Labute approximate surface area is 100 Å². The molecule has 0 bridgehead atoms. The zero-order valence-corrected chi connectivity index (χ0v) is 9.43. The highest BCUT2D eigenvalue weighted by Gasteiger charge is 2.33. The first-order chi connectivity index (χ1) is 7.87. The highest BCUT2D eigenvalue weighted by atomic mass is 35.5. The van der Waals surface area contributed by atoms with Crippen LogP contribution >= 0.6 is 11.6 Å². The molecule has 0 spiro atoms. The summed E-state index contributed by atoms with van der Waals surface area (Å²) in [6.07, 6.45) is -4.88. The van der Waals surface area contributed by atoms with Gasteiger partial charge in [0.1, 0.15) is 11.5 Å². The Morgan fingerprint density at radius 3 is 2.53 bits per heavy atom. The number of ketones is 1. The first kappa shape index (κ1) is 13.6. The van der Waals surface area contributed by atoms with Gasteiger partial charge in [0, 0.05) is 6.07 Å². The minimum atomic E-state index is -4.88. The van der Waals surface area contributed by atoms with E-state index in [-0.39, 0.29) is 11.3 Å². The molecule has 1 aromatic carbocycles. The zero-order chi connectivity index (χ0) is 13.1. The molecule has 0 fully saturated rings. The minimum absolute atomic E-state index is 0.148. The van der Waals surface area contributed by atoms with E-state index in [4.69, 9.17) is 16.3 Å². The van der Waals surface area contributed by atoms with Crippen LogP contribution in [0.15, 0.2) is 18.2 Å². The second-order valence-corrected chi connectivity index (χ2v) is 3.23. The smallest absolute Gasteiger partial charge is 0.497 e. The van der Waals surface area contributed by atoms with E-state index in [1.807, 2.05) is 0 Å². The molecule has 1 rings (SSSR count). The molecule has 0 aliphatic heterocycles. The molecule has 94 valence electrons. The summed E-state index contributed by atoms with van der Waals surface area (Å²) < 4.78 is 44.8. The number of hydrogen-bond acceptors (Lipinski definition) is 3. The molecule has 0 radical (unpaired) electrons. The van der Waals surface area contributed by atoms with Gasteiger partial charge in [-0.25, -0.2) is 0 Å². The van der Waals surface area contributed by atoms with Crippen molar-refractivity contribution in [2.24, 2.45) is 0 Å². The maximum absolute atomic E-state index is 12.1. The molecule has 0 atom stereocenters. The van der Waals surface area contributed by atoms with Gasteiger partial charge in [-0.2, -0.15) is 0 Å². The van der Waals surface area contributed by atoms with Crippen molar-refractivity contribution in [3.63, 3.8) is 0 Å². The highest BCUT2D eigenvalue weighted by molar-refractivity contribution is 6.30. The van der Waals surface area contributed by atoms with Gasteiger partial charge in [-0.15, -0.1) is 24.8 Å². The van der Waals surface area contributed by atoms with E-state index < -0.39 is 23.8 Å². The Morgan fingerprint density at radius 2 is 2.06 bits per heavy atom. The lowest BCUT2D eigenvalue weighted by molar-refractivity contribution is -0.274. The van der Waals surface area contributed by atoms with Crippen molar-refractivity contribution in [1.29, 1.82) is 0 Å². The number of benzene rings is 1. The quantitative estimate of drug-likeness (QED) is 0.622. The van der Waals surface area contributed by atoms with Crippen LogP contribution in [-0.4, -0.2) is 25.1 Å². The van der Waals surface area contributed by atoms with Gasteiger partial charge in [0.2, 0.25) is 0 Å². The van der Waals surface area contributed by atoms with Gasteiger partial charge in [0.05, 0.1) is 18.6 Å². The van der Waals surface area contributed by atoms with Crippen molar-refractivity contribution >= 4 is 17.4 Å². The van der Waals surface area contributed by atoms with E-state index in [1.165, 1.54) is 19.2 Å². The normalized spacial score (nSPS) is 11.1. The van der Waals surface area contributed by atoms with Crippen molar-refractivity contribution < 1.29 is 27.4 Å². The third-order valence-electron chi connectivity index (χ3n) is 1.84. The average molecular weight is 269 g/mol. The van der Waals surface area contributed by atoms with Crippen LogP contribution in [0.5, 0.6) is 11.5 Å². The van der Waals surface area contributed by atoms with E-state index in [1.54, 1.807) is 0 Å². The van der Waals surface area contributed by atoms with E-state index in [9.17, 15) is 18.0 Å². The Morgan fingerprint density at radius 1 is 1.41 bits per heavy atom. The lowest BCUT2D eigenvalue weighted by Gasteiger charge is -2.13. The van der Waals surface area contributed by atoms with Gasteiger partial charge in [0.25, 0.3) is 0 Å². The maximum atomic E-state index is 12.1. The fourth-order valence-corrected chi connectivity index (χ4v) is 1.29. The molecule has 0 unspecified atom stereocenters. The molecule has 7 heteroatoms. The molecule has 1 aromatic rings. The molecular formula is C10H8ClF3O3. The summed E-state index contributed by atoms with van der Waals surface area (Å²) in [5.41, 5.74) is -0.238. The van der Waals surface area contributed by atoms with Gasteiger partial charge in [-0.1, -0.05) is 0 Å². The summed E-state index contributed by atoms with van der Waals surface area (Å²) in [7, 11) is 1.29. The standard InChI is InChI=1S/C10H8ClF3O3/c1-16-6-2-3-7(8(15)5-11)9(4-6)17-10(12,13)14/h2-4H,5H2,1H3. The molecule has 0 aliphatic rings. The monoisotopic (exact) mass is 268 g/mol. The summed E-state index contributed by atoms with van der Waals surface area (Å²) in [5, 5.41) is 0. The van der Waals surface area contributed by atoms with Crippen LogP contribution in [0.4, 0.5) is 13.2 Å². The van der Waals surface area contributed by atoms with Crippen molar-refractivity contribution in [2.45, 2.75) is 6.36 Å². The largest absolute Gasteiger partial charge is 0.573 e. The zero-order valence-electron chi connectivity index (χ0n) is 8.68. The number of carbonyl (C=O) groups excluding carboxylic acids is 1. The number of rotatable bonds is 4. The predicted molar refractivity (Wildman–Crippen MR) is 54.7 cm³/mol. The molecule has 0 aromatic heterocycles. The second-order valence-electron chi connectivity index (χ2n) is 2.97. The van der Waals surface area contributed by atoms with Crippen molar-refractivity contribution in [1.82, 2.24) is 0 Å². The minimum Gasteiger partial charge on any atom is -0.497 e. The number of Topliss-reactive ketones (excluding diaryl/α,β-unsaturated/α-hetero) is 1. The van der Waals surface area contributed by atoms with Gasteiger partial charge in [0.15, 0.2) is 5.78 Å². The van der Waals surface area contributed by atoms with Crippen molar-refractivity contribution in [3.05, 3.63) is 23.8 Å². The molecule has 17 heavy (non-hydrogen) atoms. The van der Waals surface area contributed by atoms with Gasteiger partial charge >= 0.3 is 6.36 Å². The molecule has 0 saturated carbocycles. The van der Waals surface area contributed by atoms with Gasteiger partial charge in [-0.3, -0.25) is 4.79 Å². The molecule has 0 aliphatic carbocycles. The van der Waals surface area contributed by atoms with Crippen LogP contribution in [0.1, 0.15) is 10.4 Å². The number of carbonyl (C=O) groups is 1. The van der Waals surface area contributed by atoms with Crippen LogP contribution in [0.2, 0.25) is 0 Å². The lowest BCUT2D eigenvalue weighted by atomic mass is 10.1. The number of methoxy groups -OCH3 is 1. The third kappa shape index (κ3) is 3.81. The Bertz CT molecular complexity index is 418. The van der Waals surface area contributed by atoms with Crippen molar-refractivity contribution in [3.8, 4) is 11.5 Å². The van der Waals surface area contributed by atoms with Crippen LogP contribution in [0.3, 0.4) is 0 Å². The number of ether oxygens (including phenoxy) is 2. The molecular weight excluding hydrogens is 261 g/mol. The Balaban J connectivity index is 3.16. The van der Waals surface area contributed by atoms with E-state index in [0.29, 0.717) is 0 Å². The highest BCUT2D eigenvalue weighted by Crippen LogP contribution is 2.30. The molecule has 0 saturated heterocycles. The molecule has 0 N–H and O–H groups in total.